The molecule has 1 aromatic heterocycles. The molecule has 1 aliphatic rings. The third kappa shape index (κ3) is 4.19. The van der Waals surface area contributed by atoms with Crippen LogP contribution in [0.25, 0.3) is 17.0 Å². The predicted molar refractivity (Wildman–Crippen MR) is 115 cm³/mol. The maximum atomic E-state index is 14.0. The van der Waals surface area contributed by atoms with Crippen LogP contribution in [0.1, 0.15) is 24.4 Å². The number of nitrogens with one attached hydrogen (secondary N) is 1. The van der Waals surface area contributed by atoms with E-state index in [1.165, 1.54) is 12.1 Å². The Morgan fingerprint density at radius 3 is 2.66 bits per heavy atom. The van der Waals surface area contributed by atoms with Gasteiger partial charge in [0.2, 0.25) is 5.82 Å². The van der Waals surface area contributed by atoms with Crippen molar-refractivity contribution in [1.82, 2.24) is 20.4 Å². The number of carbonyl (C=O) groups excluding carboxylic acids is 1. The molecule has 8 nitrogen and oxygen atoms in total. The van der Waals surface area contributed by atoms with Gasteiger partial charge >= 0.3 is 6.03 Å². The van der Waals surface area contributed by atoms with E-state index in [2.05, 4.69) is 15.5 Å². The predicted octanol–water partition coefficient (Wildman–Crippen LogP) is 4.03. The van der Waals surface area contributed by atoms with Crippen molar-refractivity contribution in [3.63, 3.8) is 0 Å². The van der Waals surface area contributed by atoms with Crippen molar-refractivity contribution in [3.05, 3.63) is 71.5 Å². The fourth-order valence-corrected chi connectivity index (χ4v) is 3.64. The van der Waals surface area contributed by atoms with Gasteiger partial charge in [0.05, 0.1) is 31.9 Å². The Bertz CT molecular complexity index is 1140. The highest BCUT2D eigenvalue weighted by atomic mass is 19.1. The van der Waals surface area contributed by atoms with Crippen LogP contribution in [0.2, 0.25) is 0 Å². The van der Waals surface area contributed by atoms with E-state index < -0.39 is 11.9 Å². The van der Waals surface area contributed by atoms with Crippen molar-refractivity contribution < 1.29 is 23.2 Å². The molecule has 9 heteroatoms. The molecule has 1 aliphatic heterocycles. The lowest BCUT2D eigenvalue weighted by Gasteiger charge is -2.35. The molecule has 3 aromatic rings. The van der Waals surface area contributed by atoms with Gasteiger partial charge < -0.3 is 19.3 Å². The van der Waals surface area contributed by atoms with Crippen molar-refractivity contribution in [2.75, 3.05) is 27.4 Å². The Morgan fingerprint density at radius 2 is 1.97 bits per heavy atom. The number of nitrogens with zero attached hydrogens (tertiary/aromatic N) is 3. The minimum Gasteiger partial charge on any atom is -0.497 e. The van der Waals surface area contributed by atoms with Crippen molar-refractivity contribution in [2.45, 2.75) is 13.0 Å². The van der Waals surface area contributed by atoms with Crippen LogP contribution in [0.5, 0.6) is 5.75 Å². The van der Waals surface area contributed by atoms with Crippen LogP contribution >= 0.6 is 0 Å². The van der Waals surface area contributed by atoms with Gasteiger partial charge in [-0.25, -0.2) is 9.18 Å². The molecule has 1 N–H and O–H groups in total. The summed E-state index contributed by atoms with van der Waals surface area (Å²) in [5, 5.41) is 7.04. The first kappa shape index (κ1) is 21.5. The lowest BCUT2D eigenvalue weighted by molar-refractivity contribution is 0.158. The Kier molecular flexibility index (Phi) is 6.18. The molecule has 0 aliphatic carbocycles. The summed E-state index contributed by atoms with van der Waals surface area (Å²) in [6, 6.07) is 12.4. The number of halogens is 1. The lowest BCUT2D eigenvalue weighted by Crippen LogP contribution is -2.47. The van der Waals surface area contributed by atoms with Crippen LogP contribution in [0.4, 0.5) is 9.18 Å². The molecule has 0 spiro atoms. The Balaban J connectivity index is 1.78. The molecule has 0 radical (unpaired) electrons. The van der Waals surface area contributed by atoms with E-state index in [1.807, 2.05) is 12.1 Å². The molecule has 2 heterocycles. The molecule has 0 saturated carbocycles. The van der Waals surface area contributed by atoms with E-state index in [1.54, 1.807) is 50.3 Å². The third-order valence-corrected chi connectivity index (χ3v) is 5.30. The number of carbonyl (C=O) groups is 1. The van der Waals surface area contributed by atoms with Gasteiger partial charge in [-0.3, -0.25) is 4.90 Å². The first-order valence-electron chi connectivity index (χ1n) is 10.0. The van der Waals surface area contributed by atoms with Gasteiger partial charge in [-0.1, -0.05) is 17.3 Å². The normalized spacial score (nSPS) is 16.3. The Hall–Kier alpha value is -3.72. The monoisotopic (exact) mass is 438 g/mol. The molecule has 32 heavy (non-hydrogen) atoms. The third-order valence-electron chi connectivity index (χ3n) is 5.30. The zero-order valence-corrected chi connectivity index (χ0v) is 18.0. The molecular weight excluding hydrogens is 415 g/mol. The highest BCUT2D eigenvalue weighted by Gasteiger charge is 2.35. The van der Waals surface area contributed by atoms with Gasteiger partial charge in [0.1, 0.15) is 11.6 Å². The van der Waals surface area contributed by atoms with Crippen molar-refractivity contribution in [3.8, 4) is 17.1 Å². The minimum atomic E-state index is -0.652. The van der Waals surface area contributed by atoms with E-state index in [9.17, 15) is 9.18 Å². The van der Waals surface area contributed by atoms with Crippen LogP contribution < -0.4 is 10.1 Å². The number of allylic oxidation sites excluding steroid dienone is 1. The summed E-state index contributed by atoms with van der Waals surface area (Å²) in [6.07, 6.45) is 0. The summed E-state index contributed by atoms with van der Waals surface area (Å²) in [5.74, 6) is 0.942. The number of ether oxygens (including phenoxy) is 2. The van der Waals surface area contributed by atoms with E-state index in [4.69, 9.17) is 14.0 Å². The molecular formula is C23H23FN4O4. The van der Waals surface area contributed by atoms with Crippen molar-refractivity contribution >= 4 is 11.6 Å². The summed E-state index contributed by atoms with van der Waals surface area (Å²) >= 11 is 0. The Labute approximate surface area is 184 Å². The quantitative estimate of drug-likeness (QED) is 0.599. The molecule has 4 rings (SSSR count). The van der Waals surface area contributed by atoms with Crippen molar-refractivity contribution in [1.29, 1.82) is 0 Å². The highest BCUT2D eigenvalue weighted by Crippen LogP contribution is 2.37. The van der Waals surface area contributed by atoms with Gasteiger partial charge in [0, 0.05) is 18.4 Å². The molecule has 2 amide bonds. The molecule has 1 atom stereocenters. The Morgan fingerprint density at radius 1 is 1.19 bits per heavy atom. The number of amides is 2. The first-order chi connectivity index (χ1) is 15.5. The molecule has 0 fully saturated rings. The zero-order chi connectivity index (χ0) is 22.7. The van der Waals surface area contributed by atoms with Crippen LogP contribution in [0, 0.1) is 5.82 Å². The van der Waals surface area contributed by atoms with Crippen LogP contribution in [-0.2, 0) is 4.74 Å². The summed E-state index contributed by atoms with van der Waals surface area (Å²) in [4.78, 5) is 18.9. The number of urea groups is 1. The highest BCUT2D eigenvalue weighted by molar-refractivity contribution is 5.86. The average molecular weight is 438 g/mol. The smallest absolute Gasteiger partial charge is 0.322 e. The molecule has 166 valence electrons. The van der Waals surface area contributed by atoms with E-state index >= 15 is 0 Å². The number of rotatable bonds is 7. The maximum absolute atomic E-state index is 14.0. The fraction of sp³-hybridized carbons (Fsp3) is 0.261. The number of hydrogen-bond acceptors (Lipinski definition) is 6. The molecule has 0 saturated heterocycles. The van der Waals surface area contributed by atoms with E-state index in [0.29, 0.717) is 41.6 Å². The summed E-state index contributed by atoms with van der Waals surface area (Å²) in [5.41, 5.74) is 2.55. The second kappa shape index (κ2) is 9.19. The van der Waals surface area contributed by atoms with Crippen LogP contribution in [0.3, 0.4) is 0 Å². The SMILES string of the molecule is COCCN1C(=O)NC(c2cccc(F)c2)C(c2nc(-c3ccc(OC)cc3)no2)=C1C. The molecule has 2 aromatic carbocycles. The number of hydrogen-bond donors (Lipinski definition) is 1. The standard InChI is InChI=1S/C23H23FN4O4/c1-14-19(22-26-21(27-32-22)15-7-9-18(31-3)10-8-15)20(16-5-4-6-17(24)13-16)25-23(29)28(14)11-12-30-2/h4-10,13,20H,11-12H2,1-3H3,(H,25,29). The maximum Gasteiger partial charge on any atom is 0.322 e. The second-order valence-corrected chi connectivity index (χ2v) is 7.23. The first-order valence-corrected chi connectivity index (χ1v) is 10.0. The average Bonchev–Trinajstić information content (AvgIpc) is 3.28. The number of aromatic nitrogens is 2. The number of benzene rings is 2. The van der Waals surface area contributed by atoms with E-state index in [-0.39, 0.29) is 11.9 Å². The fourth-order valence-electron chi connectivity index (χ4n) is 3.64. The lowest BCUT2D eigenvalue weighted by atomic mass is 9.94. The summed E-state index contributed by atoms with van der Waals surface area (Å²) in [6.45, 7) is 2.49. The van der Waals surface area contributed by atoms with Gasteiger partial charge in [-0.05, 0) is 48.9 Å². The second-order valence-electron chi connectivity index (χ2n) is 7.23. The van der Waals surface area contributed by atoms with E-state index in [0.717, 1.165) is 5.56 Å². The van der Waals surface area contributed by atoms with Gasteiger partial charge in [-0.2, -0.15) is 4.98 Å². The van der Waals surface area contributed by atoms with Gasteiger partial charge in [-0.15, -0.1) is 0 Å². The van der Waals surface area contributed by atoms with Gasteiger partial charge in [0.15, 0.2) is 0 Å². The molecule has 0 bridgehead atoms. The van der Waals surface area contributed by atoms with Crippen LogP contribution in [0.15, 0.2) is 58.8 Å². The number of methoxy groups -OCH3 is 2. The van der Waals surface area contributed by atoms with Crippen LogP contribution in [-0.4, -0.2) is 48.4 Å². The largest absolute Gasteiger partial charge is 0.497 e. The topological polar surface area (TPSA) is 89.7 Å². The summed E-state index contributed by atoms with van der Waals surface area (Å²) < 4.78 is 29.9. The van der Waals surface area contributed by atoms with Crippen molar-refractivity contribution in [2.24, 2.45) is 0 Å². The zero-order valence-electron chi connectivity index (χ0n) is 18.0. The summed E-state index contributed by atoms with van der Waals surface area (Å²) in [7, 11) is 3.16. The molecule has 1 unspecified atom stereocenters. The van der Waals surface area contributed by atoms with Gasteiger partial charge in [0.25, 0.3) is 5.89 Å². The minimum absolute atomic E-state index is 0.241.